The third-order valence-corrected chi connectivity index (χ3v) is 7.80. The number of likely N-dealkylation sites (tertiary alicyclic amines) is 1. The summed E-state index contributed by atoms with van der Waals surface area (Å²) in [7, 11) is -3.84. The van der Waals surface area contributed by atoms with Crippen LogP contribution in [0.2, 0.25) is 0 Å². The van der Waals surface area contributed by atoms with Crippen molar-refractivity contribution in [1.82, 2.24) is 14.4 Å². The van der Waals surface area contributed by atoms with Crippen LogP contribution in [0.15, 0.2) is 32.2 Å². The van der Waals surface area contributed by atoms with Crippen LogP contribution in [-0.4, -0.2) is 54.9 Å². The van der Waals surface area contributed by atoms with E-state index in [0.29, 0.717) is 24.4 Å². The first-order chi connectivity index (χ1) is 14.5. The summed E-state index contributed by atoms with van der Waals surface area (Å²) in [6.45, 7) is 3.74. The average molecular weight is 434 g/mol. The number of hydrogen-bond donors (Lipinski definition) is 0. The molecular weight excluding hydrogens is 406 g/mol. The number of aromatic nitrogens is 1. The third-order valence-electron chi connectivity index (χ3n) is 5.77. The van der Waals surface area contributed by atoms with E-state index in [4.69, 9.17) is 8.94 Å². The molecule has 2 aromatic heterocycles. The Morgan fingerprint density at radius 2 is 1.97 bits per heavy atom. The summed E-state index contributed by atoms with van der Waals surface area (Å²) in [5.41, 5.74) is 0.304. The molecule has 2 aliphatic heterocycles. The number of furan rings is 1. The van der Waals surface area contributed by atoms with Crippen LogP contribution in [0.3, 0.4) is 0 Å². The molecule has 0 spiro atoms. The Hall–Kier alpha value is -2.39. The lowest BCUT2D eigenvalue weighted by atomic mass is 9.97. The molecule has 2 aliphatic rings. The van der Waals surface area contributed by atoms with Crippen LogP contribution in [0, 0.1) is 12.8 Å². The molecule has 4 heterocycles. The zero-order valence-electron chi connectivity index (χ0n) is 17.1. The van der Waals surface area contributed by atoms with Gasteiger partial charge in [-0.05, 0) is 63.3 Å². The van der Waals surface area contributed by atoms with E-state index in [2.05, 4.69) is 5.16 Å². The largest absolute Gasteiger partial charge is 0.465 e. The van der Waals surface area contributed by atoms with Crippen LogP contribution >= 0.6 is 0 Å². The van der Waals surface area contributed by atoms with Gasteiger partial charge in [-0.3, -0.25) is 4.79 Å². The molecule has 162 valence electrons. The predicted molar refractivity (Wildman–Crippen MR) is 111 cm³/mol. The Morgan fingerprint density at radius 1 is 1.17 bits per heavy atom. The van der Waals surface area contributed by atoms with Gasteiger partial charge in [-0.2, -0.15) is 4.31 Å². The number of amides is 1. The van der Waals surface area contributed by atoms with Crippen LogP contribution in [-0.2, 0) is 14.8 Å². The summed E-state index contributed by atoms with van der Waals surface area (Å²) in [4.78, 5) is 14.9. The second-order valence-electron chi connectivity index (χ2n) is 7.90. The van der Waals surface area contributed by atoms with E-state index < -0.39 is 10.0 Å². The smallest absolute Gasteiger partial charge is 0.248 e. The van der Waals surface area contributed by atoms with Gasteiger partial charge in [0.1, 0.15) is 11.5 Å². The van der Waals surface area contributed by atoms with Gasteiger partial charge in [0, 0.05) is 26.2 Å². The maximum Gasteiger partial charge on any atom is 0.248 e. The quantitative estimate of drug-likeness (QED) is 0.719. The standard InChI is InChI=1S/C21H27N3O5S/c1-16-20(19(29-22-16)10-9-18-8-6-14-28-18)30(26,27)24-13-5-7-17(15-24)21(25)23-11-3-2-4-12-23/h6,8-10,14,17H,2-5,7,11-13,15H2,1H3. The van der Waals surface area contributed by atoms with Gasteiger partial charge in [-0.25, -0.2) is 8.42 Å². The fraction of sp³-hybridized carbons (Fsp3) is 0.524. The highest BCUT2D eigenvalue weighted by Crippen LogP contribution is 2.30. The Morgan fingerprint density at radius 3 is 2.70 bits per heavy atom. The highest BCUT2D eigenvalue weighted by Gasteiger charge is 2.38. The molecule has 1 unspecified atom stereocenters. The molecule has 0 aromatic carbocycles. The van der Waals surface area contributed by atoms with Crippen molar-refractivity contribution in [3.63, 3.8) is 0 Å². The molecule has 0 radical (unpaired) electrons. The summed E-state index contributed by atoms with van der Waals surface area (Å²) in [5.74, 6) is 0.523. The molecule has 2 aromatic rings. The first kappa shape index (κ1) is 20.9. The maximum atomic E-state index is 13.4. The summed E-state index contributed by atoms with van der Waals surface area (Å²) in [6.07, 6.45) is 9.29. The molecule has 9 heteroatoms. The van der Waals surface area contributed by atoms with E-state index in [1.165, 1.54) is 10.6 Å². The van der Waals surface area contributed by atoms with E-state index in [1.54, 1.807) is 31.2 Å². The Kier molecular flexibility index (Phi) is 6.10. The van der Waals surface area contributed by atoms with Crippen molar-refractivity contribution in [3.8, 4) is 0 Å². The summed E-state index contributed by atoms with van der Waals surface area (Å²) in [5, 5.41) is 3.87. The number of nitrogens with zero attached hydrogens (tertiary/aromatic N) is 3. The van der Waals surface area contributed by atoms with Gasteiger partial charge in [0.25, 0.3) is 0 Å². The normalized spacial score (nSPS) is 21.4. The molecule has 0 aliphatic carbocycles. The zero-order chi connectivity index (χ0) is 21.1. The molecule has 2 fully saturated rings. The van der Waals surface area contributed by atoms with Crippen LogP contribution in [0.25, 0.3) is 12.2 Å². The number of piperidine rings is 2. The van der Waals surface area contributed by atoms with E-state index in [9.17, 15) is 13.2 Å². The Bertz CT molecular complexity index is 1000. The van der Waals surface area contributed by atoms with Crippen molar-refractivity contribution in [3.05, 3.63) is 35.6 Å². The monoisotopic (exact) mass is 433 g/mol. The first-order valence-electron chi connectivity index (χ1n) is 10.4. The zero-order valence-corrected chi connectivity index (χ0v) is 17.9. The molecule has 1 amide bonds. The van der Waals surface area contributed by atoms with E-state index in [-0.39, 0.29) is 29.0 Å². The van der Waals surface area contributed by atoms with Crippen molar-refractivity contribution in [2.45, 2.75) is 43.9 Å². The van der Waals surface area contributed by atoms with Crippen molar-refractivity contribution >= 4 is 28.1 Å². The lowest BCUT2D eigenvalue weighted by Crippen LogP contribution is -2.48. The van der Waals surface area contributed by atoms with E-state index >= 15 is 0 Å². The number of hydrogen-bond acceptors (Lipinski definition) is 6. The van der Waals surface area contributed by atoms with Gasteiger partial charge in [-0.1, -0.05) is 5.16 Å². The van der Waals surface area contributed by atoms with Gasteiger partial charge in [-0.15, -0.1) is 0 Å². The molecule has 30 heavy (non-hydrogen) atoms. The molecule has 0 saturated carbocycles. The molecular formula is C21H27N3O5S. The van der Waals surface area contributed by atoms with Crippen molar-refractivity contribution in [2.24, 2.45) is 5.92 Å². The van der Waals surface area contributed by atoms with Crippen molar-refractivity contribution < 1.29 is 22.2 Å². The molecule has 0 bridgehead atoms. The Labute approximate surface area is 176 Å². The van der Waals surface area contributed by atoms with E-state index in [1.807, 2.05) is 4.90 Å². The third kappa shape index (κ3) is 4.22. The number of carbonyl (C=O) groups excluding carboxylic acids is 1. The highest BCUT2D eigenvalue weighted by molar-refractivity contribution is 7.89. The fourth-order valence-electron chi connectivity index (χ4n) is 4.21. The van der Waals surface area contributed by atoms with Crippen LogP contribution < -0.4 is 0 Å². The lowest BCUT2D eigenvalue weighted by Gasteiger charge is -2.35. The topological polar surface area (TPSA) is 96.9 Å². The molecule has 0 N–H and O–H groups in total. The fourth-order valence-corrected chi connectivity index (χ4v) is 5.98. The number of carbonyl (C=O) groups is 1. The van der Waals surface area contributed by atoms with Crippen LogP contribution in [0.1, 0.15) is 49.3 Å². The van der Waals surface area contributed by atoms with Gasteiger partial charge in [0.2, 0.25) is 15.9 Å². The van der Waals surface area contributed by atoms with Gasteiger partial charge >= 0.3 is 0 Å². The molecule has 4 rings (SSSR count). The summed E-state index contributed by atoms with van der Waals surface area (Å²) < 4.78 is 38.8. The Balaban J connectivity index is 1.54. The van der Waals surface area contributed by atoms with Gasteiger partial charge in [0.15, 0.2) is 10.7 Å². The molecule has 1 atom stereocenters. The number of sulfonamides is 1. The first-order valence-corrected chi connectivity index (χ1v) is 11.9. The van der Waals surface area contributed by atoms with Crippen LogP contribution in [0.5, 0.6) is 0 Å². The van der Waals surface area contributed by atoms with Crippen molar-refractivity contribution in [1.29, 1.82) is 0 Å². The minimum absolute atomic E-state index is 0.0522. The predicted octanol–water partition coefficient (Wildman–Crippen LogP) is 3.16. The lowest BCUT2D eigenvalue weighted by molar-refractivity contribution is -0.137. The highest BCUT2D eigenvalue weighted by atomic mass is 32.2. The van der Waals surface area contributed by atoms with Gasteiger partial charge in [0.05, 0.1) is 12.2 Å². The average Bonchev–Trinajstić information content (AvgIpc) is 3.42. The minimum atomic E-state index is -3.84. The summed E-state index contributed by atoms with van der Waals surface area (Å²) in [6, 6.07) is 3.51. The SMILES string of the molecule is Cc1noc(C=Cc2ccco2)c1S(=O)(=O)N1CCCC(C(=O)N2CCCCC2)C1. The minimum Gasteiger partial charge on any atom is -0.465 e. The summed E-state index contributed by atoms with van der Waals surface area (Å²) >= 11 is 0. The molecule has 8 nitrogen and oxygen atoms in total. The number of aryl methyl sites for hydroxylation is 1. The second-order valence-corrected chi connectivity index (χ2v) is 9.77. The second kappa shape index (κ2) is 8.77. The maximum absolute atomic E-state index is 13.4. The van der Waals surface area contributed by atoms with Gasteiger partial charge < -0.3 is 13.8 Å². The van der Waals surface area contributed by atoms with Crippen molar-refractivity contribution in [2.75, 3.05) is 26.2 Å². The van der Waals surface area contributed by atoms with Crippen LogP contribution in [0.4, 0.5) is 0 Å². The molecule has 2 saturated heterocycles. The van der Waals surface area contributed by atoms with E-state index in [0.717, 1.165) is 38.8 Å². The number of rotatable bonds is 5.